The molecule has 2 aromatic rings. The second kappa shape index (κ2) is 6.05. The molecule has 1 aromatic heterocycles. The summed E-state index contributed by atoms with van der Waals surface area (Å²) >= 11 is 3.45. The van der Waals surface area contributed by atoms with Gasteiger partial charge in [-0.2, -0.15) is 0 Å². The minimum atomic E-state index is -0.851. The Kier molecular flexibility index (Phi) is 4.25. The van der Waals surface area contributed by atoms with Crippen molar-refractivity contribution < 1.29 is 23.7 Å². The molecule has 1 aromatic carbocycles. The lowest BCUT2D eigenvalue weighted by Crippen LogP contribution is -2.32. The molecule has 3 rings (SSSR count). The molecule has 1 N–H and O–H groups in total. The van der Waals surface area contributed by atoms with E-state index in [-0.39, 0.29) is 11.6 Å². The molecule has 124 valence electrons. The molecule has 0 amide bonds. The first-order valence-electron chi connectivity index (χ1n) is 7.22. The number of halogens is 1. The van der Waals surface area contributed by atoms with Crippen LogP contribution in [0.2, 0.25) is 0 Å². The minimum Gasteiger partial charge on any atom is -0.489 e. The number of fused-ring (bicyclic) bond motifs is 2. The van der Waals surface area contributed by atoms with Crippen LogP contribution in [0.3, 0.4) is 0 Å². The van der Waals surface area contributed by atoms with Crippen molar-refractivity contribution in [3.8, 4) is 17.2 Å². The van der Waals surface area contributed by atoms with Crippen molar-refractivity contribution in [1.82, 2.24) is 0 Å². The first kappa shape index (κ1) is 16.1. The zero-order valence-corrected chi connectivity index (χ0v) is 14.4. The Morgan fingerprint density at radius 1 is 1.39 bits per heavy atom. The van der Waals surface area contributed by atoms with Gasteiger partial charge in [0.15, 0.2) is 11.5 Å². The molecule has 1 atom stereocenters. The molecule has 1 unspecified atom stereocenters. The molecule has 23 heavy (non-hydrogen) atoms. The van der Waals surface area contributed by atoms with Gasteiger partial charge in [0.05, 0.1) is 17.6 Å². The quantitative estimate of drug-likeness (QED) is 0.630. The summed E-state index contributed by atoms with van der Waals surface area (Å²) in [5.74, 6) is 1.47. The Bertz CT molecular complexity index is 776. The number of rotatable bonds is 5. The zero-order valence-electron chi connectivity index (χ0n) is 12.8. The second-order valence-electron chi connectivity index (χ2n) is 5.86. The molecule has 0 bridgehead atoms. The number of aliphatic hydroxyl groups is 1. The van der Waals surface area contributed by atoms with Gasteiger partial charge >= 0.3 is 5.63 Å². The fourth-order valence-corrected chi connectivity index (χ4v) is 2.49. The van der Waals surface area contributed by atoms with E-state index >= 15 is 0 Å². The Morgan fingerprint density at radius 2 is 2.17 bits per heavy atom. The lowest BCUT2D eigenvalue weighted by molar-refractivity contribution is 0.0727. The molecular weight excluding hydrogens is 368 g/mol. The zero-order chi connectivity index (χ0) is 16.6. The number of benzene rings is 1. The van der Waals surface area contributed by atoms with Gasteiger partial charge in [-0.25, -0.2) is 4.79 Å². The van der Waals surface area contributed by atoms with Crippen LogP contribution in [-0.4, -0.2) is 28.9 Å². The third kappa shape index (κ3) is 3.30. The number of hydrogen-bond acceptors (Lipinski definition) is 6. The summed E-state index contributed by atoms with van der Waals surface area (Å²) in [7, 11) is 0. The molecule has 1 aliphatic rings. The summed E-state index contributed by atoms with van der Waals surface area (Å²) in [4.78, 5) is 11.3. The minimum absolute atomic E-state index is 0.0942. The van der Waals surface area contributed by atoms with Crippen LogP contribution in [0.4, 0.5) is 0 Å². The van der Waals surface area contributed by atoms with Gasteiger partial charge in [0.2, 0.25) is 12.5 Å². The maximum atomic E-state index is 11.4. The molecule has 6 nitrogen and oxygen atoms in total. The van der Waals surface area contributed by atoms with Crippen molar-refractivity contribution in [1.29, 1.82) is 0 Å². The van der Waals surface area contributed by atoms with Crippen LogP contribution in [0.15, 0.2) is 27.4 Å². The normalized spacial score (nSPS) is 15.0. The van der Waals surface area contributed by atoms with Crippen LogP contribution in [0, 0.1) is 0 Å². The van der Waals surface area contributed by atoms with Crippen molar-refractivity contribution in [3.63, 3.8) is 0 Å². The molecule has 7 heteroatoms. The Morgan fingerprint density at radius 3 is 2.91 bits per heavy atom. The van der Waals surface area contributed by atoms with E-state index in [1.54, 1.807) is 26.0 Å². The largest absolute Gasteiger partial charge is 0.489 e. The van der Waals surface area contributed by atoms with Gasteiger partial charge in [-0.3, -0.25) is 0 Å². The lowest BCUT2D eigenvalue weighted by atomic mass is 10.0. The highest BCUT2D eigenvalue weighted by atomic mass is 79.9. The molecule has 0 saturated heterocycles. The molecule has 2 heterocycles. The van der Waals surface area contributed by atoms with Gasteiger partial charge < -0.3 is 23.7 Å². The highest BCUT2D eigenvalue weighted by molar-refractivity contribution is 9.09. The average Bonchev–Trinajstić information content (AvgIpc) is 2.93. The van der Waals surface area contributed by atoms with Crippen LogP contribution in [0.1, 0.15) is 20.3 Å². The monoisotopic (exact) mass is 384 g/mol. The maximum Gasteiger partial charge on any atom is 0.336 e. The van der Waals surface area contributed by atoms with Gasteiger partial charge in [-0.15, -0.1) is 0 Å². The van der Waals surface area contributed by atoms with E-state index in [9.17, 15) is 9.90 Å². The maximum absolute atomic E-state index is 11.4. The highest BCUT2D eigenvalue weighted by Crippen LogP contribution is 2.46. The van der Waals surface area contributed by atoms with Gasteiger partial charge in [-0.1, -0.05) is 15.9 Å². The van der Waals surface area contributed by atoms with Crippen LogP contribution in [0.5, 0.6) is 17.2 Å². The van der Waals surface area contributed by atoms with E-state index < -0.39 is 11.2 Å². The Labute approximate surface area is 141 Å². The summed E-state index contributed by atoms with van der Waals surface area (Å²) in [5.41, 5.74) is -0.907. The van der Waals surface area contributed by atoms with E-state index in [4.69, 9.17) is 18.6 Å². The number of alkyl halides is 1. The fraction of sp³-hybridized carbons (Fsp3) is 0.438. The first-order chi connectivity index (χ1) is 10.9. The first-order valence-corrected chi connectivity index (χ1v) is 8.13. The average molecular weight is 385 g/mol. The number of ether oxygens (including phenoxy) is 3. The summed E-state index contributed by atoms with van der Waals surface area (Å²) < 4.78 is 21.9. The van der Waals surface area contributed by atoms with Crippen LogP contribution in [0.25, 0.3) is 11.0 Å². The summed E-state index contributed by atoms with van der Waals surface area (Å²) in [6.45, 7) is 3.91. The topological polar surface area (TPSA) is 78.1 Å². The van der Waals surface area contributed by atoms with Gasteiger partial charge in [-0.05, 0) is 26.3 Å². The lowest BCUT2D eigenvalue weighted by Gasteiger charge is -2.24. The summed E-state index contributed by atoms with van der Waals surface area (Å²) in [6, 6.07) is 4.59. The SMILES string of the molecule is CC(C)(O)C(Br)CCOc1c2c(cc3oc(=O)ccc13)OCO2. The van der Waals surface area contributed by atoms with Gasteiger partial charge in [0.1, 0.15) is 5.58 Å². The van der Waals surface area contributed by atoms with Crippen molar-refractivity contribution in [3.05, 3.63) is 28.6 Å². The van der Waals surface area contributed by atoms with Crippen molar-refractivity contribution in [2.24, 2.45) is 0 Å². The summed E-state index contributed by atoms with van der Waals surface area (Å²) in [6.07, 6.45) is 0.590. The van der Waals surface area contributed by atoms with Gasteiger partial charge in [0, 0.05) is 17.0 Å². The smallest absolute Gasteiger partial charge is 0.336 e. The number of hydrogen-bond donors (Lipinski definition) is 1. The van der Waals surface area contributed by atoms with E-state index in [0.29, 0.717) is 41.2 Å². The third-order valence-electron chi connectivity index (χ3n) is 3.60. The van der Waals surface area contributed by atoms with E-state index in [1.807, 2.05) is 0 Å². The van der Waals surface area contributed by atoms with E-state index in [0.717, 1.165) is 0 Å². The Hall–Kier alpha value is -1.73. The Balaban J connectivity index is 1.89. The standard InChI is InChI=1S/C16H17BrO6/c1-16(2,19)12(17)5-6-20-14-9-3-4-13(18)23-10(9)7-11-15(14)22-8-21-11/h3-4,7,12,19H,5-6,8H2,1-2H3. The molecule has 0 saturated carbocycles. The molecule has 0 radical (unpaired) electrons. The molecule has 0 fully saturated rings. The second-order valence-corrected chi connectivity index (χ2v) is 6.97. The molecule has 1 aliphatic heterocycles. The van der Waals surface area contributed by atoms with Crippen molar-refractivity contribution >= 4 is 26.9 Å². The van der Waals surface area contributed by atoms with Crippen LogP contribution < -0.4 is 19.8 Å². The van der Waals surface area contributed by atoms with E-state index in [1.165, 1.54) is 6.07 Å². The van der Waals surface area contributed by atoms with Gasteiger partial charge in [0.25, 0.3) is 0 Å². The third-order valence-corrected chi connectivity index (χ3v) is 5.18. The molecular formula is C16H17BrO6. The summed E-state index contributed by atoms with van der Waals surface area (Å²) in [5, 5.41) is 10.6. The predicted octanol–water partition coefficient (Wildman–Crippen LogP) is 2.83. The molecule has 0 aliphatic carbocycles. The van der Waals surface area contributed by atoms with E-state index in [2.05, 4.69) is 15.9 Å². The van der Waals surface area contributed by atoms with Crippen LogP contribution >= 0.6 is 15.9 Å². The highest BCUT2D eigenvalue weighted by Gasteiger charge is 2.26. The van der Waals surface area contributed by atoms with Crippen LogP contribution in [-0.2, 0) is 0 Å². The fourth-order valence-electron chi connectivity index (χ4n) is 2.30. The van der Waals surface area contributed by atoms with Crippen molar-refractivity contribution in [2.45, 2.75) is 30.7 Å². The predicted molar refractivity (Wildman–Crippen MR) is 87.7 cm³/mol. The van der Waals surface area contributed by atoms with Crippen molar-refractivity contribution in [2.75, 3.05) is 13.4 Å². The molecule has 0 spiro atoms.